The number of carbonyl (C=O) groups excluding carboxylic acids is 1. The first-order valence-electron chi connectivity index (χ1n) is 11.0. The van der Waals surface area contributed by atoms with Crippen molar-refractivity contribution in [1.29, 1.82) is 0 Å². The Morgan fingerprint density at radius 1 is 0.806 bits per heavy atom. The fraction of sp³-hybridized carbons (Fsp3) is 0.240. The second-order valence-electron chi connectivity index (χ2n) is 9.19. The number of sulfonamides is 2. The first-order valence-corrected chi connectivity index (χ1v) is 14.0. The highest BCUT2D eigenvalue weighted by molar-refractivity contribution is 7.89. The molecule has 1 unspecified atom stereocenters. The van der Waals surface area contributed by atoms with Gasteiger partial charge in [0.25, 0.3) is 0 Å². The van der Waals surface area contributed by atoms with Gasteiger partial charge in [-0.15, -0.1) is 0 Å². The molecular formula is C25H28FN3O5S2. The van der Waals surface area contributed by atoms with Crippen molar-refractivity contribution in [2.45, 2.75) is 48.6 Å². The highest BCUT2D eigenvalue weighted by Crippen LogP contribution is 2.18. The minimum absolute atomic E-state index is 0.0215. The molecule has 0 saturated heterocycles. The summed E-state index contributed by atoms with van der Waals surface area (Å²) in [5.41, 5.74) is 0.334. The Morgan fingerprint density at radius 2 is 1.33 bits per heavy atom. The first kappa shape index (κ1) is 27.5. The highest BCUT2D eigenvalue weighted by atomic mass is 32.2. The van der Waals surface area contributed by atoms with Crippen molar-refractivity contribution in [2.24, 2.45) is 0 Å². The van der Waals surface area contributed by atoms with Crippen molar-refractivity contribution in [3.8, 4) is 0 Å². The fourth-order valence-electron chi connectivity index (χ4n) is 3.32. The zero-order valence-corrected chi connectivity index (χ0v) is 21.7. The SMILES string of the molecule is CC(C)(C)NS(=O)(=O)c1ccc(NC(=O)C(Cc2ccccc2)NS(=O)(=O)c2ccc(F)cc2)cc1. The molecule has 1 atom stereocenters. The molecule has 0 fully saturated rings. The Morgan fingerprint density at radius 3 is 1.89 bits per heavy atom. The molecule has 36 heavy (non-hydrogen) atoms. The summed E-state index contributed by atoms with van der Waals surface area (Å²) < 4.78 is 69.0. The molecule has 3 aromatic carbocycles. The van der Waals surface area contributed by atoms with E-state index in [9.17, 15) is 26.0 Å². The summed E-state index contributed by atoms with van der Waals surface area (Å²) in [4.78, 5) is 13.0. The number of nitrogens with one attached hydrogen (secondary N) is 3. The van der Waals surface area contributed by atoms with E-state index < -0.39 is 43.4 Å². The second kappa shape index (κ2) is 10.9. The van der Waals surface area contributed by atoms with Crippen LogP contribution in [-0.2, 0) is 31.3 Å². The number of hydrogen-bond donors (Lipinski definition) is 3. The summed E-state index contributed by atoms with van der Waals surface area (Å²) in [6, 6.07) is 17.4. The smallest absolute Gasteiger partial charge is 0.242 e. The summed E-state index contributed by atoms with van der Waals surface area (Å²) in [6.45, 7) is 5.16. The zero-order chi connectivity index (χ0) is 26.6. The molecule has 0 heterocycles. The predicted octanol–water partition coefficient (Wildman–Crippen LogP) is 3.43. The van der Waals surface area contributed by atoms with Gasteiger partial charge in [-0.1, -0.05) is 30.3 Å². The number of carbonyl (C=O) groups is 1. The molecule has 1 amide bonds. The van der Waals surface area contributed by atoms with E-state index in [2.05, 4.69) is 14.8 Å². The lowest BCUT2D eigenvalue weighted by atomic mass is 10.1. The first-order chi connectivity index (χ1) is 16.7. The van der Waals surface area contributed by atoms with Crippen LogP contribution in [0, 0.1) is 5.82 Å². The molecule has 3 N–H and O–H groups in total. The monoisotopic (exact) mass is 533 g/mol. The van der Waals surface area contributed by atoms with Crippen LogP contribution in [0.15, 0.2) is 88.7 Å². The lowest BCUT2D eigenvalue weighted by Crippen LogP contribution is -2.45. The number of halogens is 1. The van der Waals surface area contributed by atoms with Crippen LogP contribution in [0.25, 0.3) is 0 Å². The van der Waals surface area contributed by atoms with Crippen LogP contribution < -0.4 is 14.8 Å². The molecule has 0 aliphatic carbocycles. The third kappa shape index (κ3) is 7.69. The molecule has 11 heteroatoms. The van der Waals surface area contributed by atoms with Crippen molar-refractivity contribution in [3.05, 3.63) is 90.2 Å². The minimum atomic E-state index is -4.14. The number of rotatable bonds is 9. The number of hydrogen-bond acceptors (Lipinski definition) is 5. The standard InChI is InChI=1S/C25H28FN3O5S2/c1-25(2,3)29-36(33,34)22-15-11-20(12-16-22)27-24(30)23(17-18-7-5-4-6-8-18)28-35(31,32)21-13-9-19(26)10-14-21/h4-16,23,28-29H,17H2,1-3H3,(H,27,30). The van der Waals surface area contributed by atoms with Crippen molar-refractivity contribution < 1.29 is 26.0 Å². The van der Waals surface area contributed by atoms with Gasteiger partial charge in [-0.2, -0.15) is 4.72 Å². The normalized spacial score (nSPS) is 13.2. The van der Waals surface area contributed by atoms with Crippen LogP contribution in [0.2, 0.25) is 0 Å². The molecule has 0 radical (unpaired) electrons. The lowest BCUT2D eigenvalue weighted by Gasteiger charge is -2.21. The summed E-state index contributed by atoms with van der Waals surface area (Å²) in [6.07, 6.45) is 0.0507. The summed E-state index contributed by atoms with van der Waals surface area (Å²) in [7, 11) is -7.90. The molecule has 0 aliphatic rings. The maximum Gasteiger partial charge on any atom is 0.242 e. The van der Waals surface area contributed by atoms with Crippen LogP contribution in [0.4, 0.5) is 10.1 Å². The Kier molecular flexibility index (Phi) is 8.29. The number of anilines is 1. The predicted molar refractivity (Wildman–Crippen MR) is 136 cm³/mol. The van der Waals surface area contributed by atoms with Gasteiger partial charge in [0, 0.05) is 11.2 Å². The summed E-state index contributed by atoms with van der Waals surface area (Å²) >= 11 is 0. The van der Waals surface area contributed by atoms with Gasteiger partial charge < -0.3 is 5.32 Å². The molecule has 3 aromatic rings. The Bertz CT molecular complexity index is 1400. The third-order valence-corrected chi connectivity index (χ3v) is 8.15. The average molecular weight is 534 g/mol. The van der Waals surface area contributed by atoms with Crippen molar-refractivity contribution in [1.82, 2.24) is 9.44 Å². The van der Waals surface area contributed by atoms with Gasteiger partial charge in [0.1, 0.15) is 11.9 Å². The van der Waals surface area contributed by atoms with Crippen LogP contribution >= 0.6 is 0 Å². The van der Waals surface area contributed by atoms with Gasteiger partial charge in [-0.25, -0.2) is 25.9 Å². The van der Waals surface area contributed by atoms with E-state index in [1.165, 1.54) is 24.3 Å². The Hall–Kier alpha value is -3.12. The van der Waals surface area contributed by atoms with E-state index in [1.807, 2.05) is 0 Å². The van der Waals surface area contributed by atoms with Crippen LogP contribution in [0.5, 0.6) is 0 Å². The van der Waals surface area contributed by atoms with Crippen LogP contribution in [0.3, 0.4) is 0 Å². The molecule has 0 bridgehead atoms. The molecule has 0 spiro atoms. The fourth-order valence-corrected chi connectivity index (χ4v) is 5.93. The summed E-state index contributed by atoms with van der Waals surface area (Å²) in [5.74, 6) is -1.23. The van der Waals surface area contributed by atoms with E-state index in [-0.39, 0.29) is 21.9 Å². The molecule has 0 aromatic heterocycles. The zero-order valence-electron chi connectivity index (χ0n) is 20.0. The van der Waals surface area contributed by atoms with E-state index >= 15 is 0 Å². The van der Waals surface area contributed by atoms with Crippen LogP contribution in [0.1, 0.15) is 26.3 Å². The maximum atomic E-state index is 13.3. The molecule has 8 nitrogen and oxygen atoms in total. The van der Waals surface area contributed by atoms with Gasteiger partial charge >= 0.3 is 0 Å². The molecule has 0 aliphatic heterocycles. The van der Waals surface area contributed by atoms with Crippen molar-refractivity contribution in [3.63, 3.8) is 0 Å². The summed E-state index contributed by atoms with van der Waals surface area (Å²) in [5, 5.41) is 2.63. The maximum absolute atomic E-state index is 13.3. The number of benzene rings is 3. The van der Waals surface area contributed by atoms with Gasteiger partial charge in [0.2, 0.25) is 26.0 Å². The highest BCUT2D eigenvalue weighted by Gasteiger charge is 2.27. The third-order valence-electron chi connectivity index (χ3n) is 4.89. The molecule has 3 rings (SSSR count). The van der Waals surface area contributed by atoms with Gasteiger partial charge in [-0.05, 0) is 81.3 Å². The van der Waals surface area contributed by atoms with Crippen molar-refractivity contribution in [2.75, 3.05) is 5.32 Å². The second-order valence-corrected chi connectivity index (χ2v) is 12.6. The van der Waals surface area contributed by atoms with E-state index in [1.54, 1.807) is 51.1 Å². The number of amides is 1. The van der Waals surface area contributed by atoms with E-state index in [4.69, 9.17) is 0 Å². The van der Waals surface area contributed by atoms with Gasteiger partial charge in [-0.3, -0.25) is 4.79 Å². The Labute approximate surface area is 211 Å². The molecular weight excluding hydrogens is 505 g/mol. The van der Waals surface area contributed by atoms with Gasteiger partial charge in [0.15, 0.2) is 0 Å². The molecule has 192 valence electrons. The largest absolute Gasteiger partial charge is 0.325 e. The van der Waals surface area contributed by atoms with Crippen LogP contribution in [-0.4, -0.2) is 34.3 Å². The van der Waals surface area contributed by atoms with Gasteiger partial charge in [0.05, 0.1) is 9.79 Å². The lowest BCUT2D eigenvalue weighted by molar-refractivity contribution is -0.117. The van der Waals surface area contributed by atoms with E-state index in [0.29, 0.717) is 5.56 Å². The van der Waals surface area contributed by atoms with E-state index in [0.717, 1.165) is 24.3 Å². The Balaban J connectivity index is 1.82. The molecule has 0 saturated carbocycles. The minimum Gasteiger partial charge on any atom is -0.325 e. The van der Waals surface area contributed by atoms with Crippen molar-refractivity contribution >= 4 is 31.6 Å². The topological polar surface area (TPSA) is 121 Å². The quantitative estimate of drug-likeness (QED) is 0.389. The average Bonchev–Trinajstić information content (AvgIpc) is 2.78.